The van der Waals surface area contributed by atoms with Gasteiger partial charge in [-0.05, 0) is 61.4 Å². The van der Waals surface area contributed by atoms with Crippen LogP contribution >= 0.6 is 31.9 Å². The number of aryl methyl sites for hydroxylation is 2. The van der Waals surface area contributed by atoms with Crippen LogP contribution < -0.4 is 10.2 Å². The van der Waals surface area contributed by atoms with Gasteiger partial charge in [0.25, 0.3) is 5.91 Å². The molecule has 1 atom stereocenters. The minimum atomic E-state index is -0.588. The molecule has 1 aliphatic rings. The van der Waals surface area contributed by atoms with E-state index in [1.54, 1.807) is 4.90 Å². The molecule has 0 aliphatic carbocycles. The molecule has 2 aromatic carbocycles. The van der Waals surface area contributed by atoms with Crippen LogP contribution in [0.25, 0.3) is 0 Å². The lowest BCUT2D eigenvalue weighted by molar-refractivity contribution is -0.151. The summed E-state index contributed by atoms with van der Waals surface area (Å²) < 4.78 is 7.01. The number of halogens is 2. The van der Waals surface area contributed by atoms with Gasteiger partial charge >= 0.3 is 5.97 Å². The fourth-order valence-corrected chi connectivity index (χ4v) is 4.22. The molecule has 6 nitrogen and oxygen atoms in total. The molecule has 29 heavy (non-hydrogen) atoms. The Labute approximate surface area is 185 Å². The number of nitrogens with zero attached hydrogens (tertiary/aromatic N) is 1. The molecule has 0 bridgehead atoms. The summed E-state index contributed by atoms with van der Waals surface area (Å²) in [5, 5.41) is 2.78. The summed E-state index contributed by atoms with van der Waals surface area (Å²) in [6, 6.07) is 11.1. The van der Waals surface area contributed by atoms with Crippen LogP contribution in [0.5, 0.6) is 0 Å². The largest absolute Gasteiger partial charge is 0.455 e. The second-order valence-corrected chi connectivity index (χ2v) is 8.78. The van der Waals surface area contributed by atoms with Gasteiger partial charge in [-0.15, -0.1) is 0 Å². The number of anilines is 2. The van der Waals surface area contributed by atoms with Crippen molar-refractivity contribution < 1.29 is 19.1 Å². The first kappa shape index (κ1) is 21.5. The second-order valence-electron chi connectivity index (χ2n) is 6.95. The fourth-order valence-electron chi connectivity index (χ4n) is 3.27. The molecule has 0 spiro atoms. The van der Waals surface area contributed by atoms with E-state index in [0.717, 1.165) is 25.8 Å². The van der Waals surface area contributed by atoms with Crippen LogP contribution in [0.1, 0.15) is 17.5 Å². The first-order chi connectivity index (χ1) is 13.7. The third-order valence-corrected chi connectivity index (χ3v) is 5.69. The summed E-state index contributed by atoms with van der Waals surface area (Å²) in [4.78, 5) is 38.4. The summed E-state index contributed by atoms with van der Waals surface area (Å²) in [5.74, 6) is -1.69. The van der Waals surface area contributed by atoms with E-state index >= 15 is 0 Å². The van der Waals surface area contributed by atoms with Gasteiger partial charge in [-0.3, -0.25) is 14.4 Å². The number of esters is 1. The van der Waals surface area contributed by atoms with Crippen LogP contribution in [0.2, 0.25) is 0 Å². The highest BCUT2D eigenvalue weighted by molar-refractivity contribution is 9.10. The molecule has 1 aliphatic heterocycles. The Hall–Kier alpha value is -2.19. The lowest BCUT2D eigenvalue weighted by atomic mass is 10.1. The zero-order valence-corrected chi connectivity index (χ0v) is 19.2. The monoisotopic (exact) mass is 522 g/mol. The minimum Gasteiger partial charge on any atom is -0.455 e. The van der Waals surface area contributed by atoms with Gasteiger partial charge in [0, 0.05) is 33.3 Å². The van der Waals surface area contributed by atoms with E-state index in [4.69, 9.17) is 4.74 Å². The maximum atomic E-state index is 12.4. The Balaban J connectivity index is 1.55. The summed E-state index contributed by atoms with van der Waals surface area (Å²) in [6.45, 7) is 3.63. The summed E-state index contributed by atoms with van der Waals surface area (Å²) in [6.07, 6.45) is 0.0709. The average molecular weight is 524 g/mol. The number of amides is 2. The number of nitrogens with one attached hydrogen (secondary N) is 1. The van der Waals surface area contributed by atoms with Crippen molar-refractivity contribution in [2.24, 2.45) is 5.92 Å². The molecular formula is C21H20Br2N2O4. The lowest BCUT2D eigenvalue weighted by Crippen LogP contribution is -2.28. The number of hydrogen-bond acceptors (Lipinski definition) is 4. The van der Waals surface area contributed by atoms with Crippen LogP contribution in [0.3, 0.4) is 0 Å². The predicted octanol–water partition coefficient (Wildman–Crippen LogP) is 4.36. The van der Waals surface area contributed by atoms with Gasteiger partial charge in [0.15, 0.2) is 6.61 Å². The Bertz CT molecular complexity index is 937. The van der Waals surface area contributed by atoms with Gasteiger partial charge in [-0.1, -0.05) is 31.9 Å². The molecule has 152 valence electrons. The smallest absolute Gasteiger partial charge is 0.311 e. The van der Waals surface area contributed by atoms with Gasteiger partial charge in [0.2, 0.25) is 5.91 Å². The molecule has 1 saturated heterocycles. The van der Waals surface area contributed by atoms with Gasteiger partial charge in [-0.25, -0.2) is 0 Å². The average Bonchev–Trinajstić information content (AvgIpc) is 3.05. The minimum absolute atomic E-state index is 0.0709. The van der Waals surface area contributed by atoms with E-state index in [-0.39, 0.29) is 18.9 Å². The second kappa shape index (κ2) is 9.09. The zero-order valence-electron chi connectivity index (χ0n) is 16.0. The van der Waals surface area contributed by atoms with Gasteiger partial charge in [-0.2, -0.15) is 0 Å². The predicted molar refractivity (Wildman–Crippen MR) is 118 cm³/mol. The van der Waals surface area contributed by atoms with Crippen molar-refractivity contribution in [3.8, 4) is 0 Å². The van der Waals surface area contributed by atoms with Crippen molar-refractivity contribution in [2.75, 3.05) is 23.4 Å². The SMILES string of the molecule is Cc1cc(Br)cc(C)c1NC(=O)COC(=O)[C@@H]1CC(=O)N(c2ccc(Br)cc2)C1. The molecule has 1 N–H and O–H groups in total. The third-order valence-electron chi connectivity index (χ3n) is 4.70. The topological polar surface area (TPSA) is 75.7 Å². The van der Waals surface area contributed by atoms with Crippen LogP contribution in [0.4, 0.5) is 11.4 Å². The van der Waals surface area contributed by atoms with Gasteiger partial charge < -0.3 is 15.0 Å². The fraction of sp³-hybridized carbons (Fsp3) is 0.286. The van der Waals surface area contributed by atoms with Crippen molar-refractivity contribution in [1.82, 2.24) is 0 Å². The number of carbonyl (C=O) groups excluding carboxylic acids is 3. The van der Waals surface area contributed by atoms with Crippen molar-refractivity contribution in [3.63, 3.8) is 0 Å². The van der Waals surface area contributed by atoms with Crippen LogP contribution in [-0.2, 0) is 19.1 Å². The normalized spacial score (nSPS) is 16.1. The standard InChI is InChI=1S/C21H20Br2N2O4/c1-12-7-16(23)8-13(2)20(12)24-18(26)11-29-21(28)14-9-19(27)25(10-14)17-5-3-15(22)4-6-17/h3-8,14H,9-11H2,1-2H3,(H,24,26)/t14-/m1/s1. The number of benzene rings is 2. The number of hydrogen-bond donors (Lipinski definition) is 1. The van der Waals surface area contributed by atoms with Gasteiger partial charge in [0.1, 0.15) is 0 Å². The van der Waals surface area contributed by atoms with E-state index in [9.17, 15) is 14.4 Å². The van der Waals surface area contributed by atoms with Crippen molar-refractivity contribution >= 4 is 61.0 Å². The highest BCUT2D eigenvalue weighted by atomic mass is 79.9. The van der Waals surface area contributed by atoms with Gasteiger partial charge in [0.05, 0.1) is 5.92 Å². The molecular weight excluding hydrogens is 504 g/mol. The lowest BCUT2D eigenvalue weighted by Gasteiger charge is -2.16. The Morgan fingerprint density at radius 3 is 2.34 bits per heavy atom. The van der Waals surface area contributed by atoms with Crippen LogP contribution in [0, 0.1) is 19.8 Å². The highest BCUT2D eigenvalue weighted by Crippen LogP contribution is 2.27. The Morgan fingerprint density at radius 1 is 1.10 bits per heavy atom. The zero-order chi connectivity index (χ0) is 21.1. The van der Waals surface area contributed by atoms with E-state index in [1.807, 2.05) is 50.2 Å². The molecule has 3 rings (SSSR count). The summed E-state index contributed by atoms with van der Waals surface area (Å²) in [5.41, 5.74) is 3.24. The summed E-state index contributed by atoms with van der Waals surface area (Å²) in [7, 11) is 0. The van der Waals surface area contributed by atoms with E-state index in [2.05, 4.69) is 37.2 Å². The number of carbonyl (C=O) groups is 3. The molecule has 8 heteroatoms. The maximum absolute atomic E-state index is 12.4. The number of ether oxygens (including phenoxy) is 1. The van der Waals surface area contributed by atoms with Crippen molar-refractivity contribution in [3.05, 3.63) is 56.5 Å². The Kier molecular flexibility index (Phi) is 6.74. The molecule has 0 aromatic heterocycles. The molecule has 2 amide bonds. The van der Waals surface area contributed by atoms with E-state index in [0.29, 0.717) is 5.69 Å². The Morgan fingerprint density at radius 2 is 1.72 bits per heavy atom. The molecule has 0 saturated carbocycles. The molecule has 1 heterocycles. The summed E-state index contributed by atoms with van der Waals surface area (Å²) >= 11 is 6.77. The molecule has 0 unspecified atom stereocenters. The maximum Gasteiger partial charge on any atom is 0.311 e. The van der Waals surface area contributed by atoms with Crippen molar-refractivity contribution in [2.45, 2.75) is 20.3 Å². The third kappa shape index (κ3) is 5.25. The first-order valence-electron chi connectivity index (χ1n) is 9.03. The van der Waals surface area contributed by atoms with Crippen LogP contribution in [0.15, 0.2) is 45.3 Å². The van der Waals surface area contributed by atoms with E-state index in [1.165, 1.54) is 0 Å². The van der Waals surface area contributed by atoms with E-state index < -0.39 is 24.4 Å². The highest BCUT2D eigenvalue weighted by Gasteiger charge is 2.36. The first-order valence-corrected chi connectivity index (χ1v) is 10.6. The molecule has 1 fully saturated rings. The molecule has 2 aromatic rings. The number of rotatable bonds is 5. The van der Waals surface area contributed by atoms with Crippen LogP contribution in [-0.4, -0.2) is 30.9 Å². The van der Waals surface area contributed by atoms with Crippen molar-refractivity contribution in [1.29, 1.82) is 0 Å². The molecule has 0 radical (unpaired) electrons. The quantitative estimate of drug-likeness (QED) is 0.591.